The average molecular weight is 291 g/mol. The number of aliphatic hydroxyl groups is 1. The van der Waals surface area contributed by atoms with Gasteiger partial charge in [-0.3, -0.25) is 14.4 Å². The SMILES string of the molecule is C[C@@H](O)[C@H](NC(=O)CN)C(=O)N[C@@H](CC(=O)O)C(=O)O. The third-order valence-corrected chi connectivity index (χ3v) is 2.26. The number of hydrogen-bond donors (Lipinski definition) is 6. The highest BCUT2D eigenvalue weighted by Crippen LogP contribution is 1.98. The molecular weight excluding hydrogens is 274 g/mol. The summed E-state index contributed by atoms with van der Waals surface area (Å²) in [5.41, 5.74) is 5.04. The smallest absolute Gasteiger partial charge is 0.326 e. The second-order valence-corrected chi connectivity index (χ2v) is 3.99. The van der Waals surface area contributed by atoms with Crippen molar-refractivity contribution in [1.29, 1.82) is 0 Å². The first kappa shape index (κ1) is 17.8. The van der Waals surface area contributed by atoms with E-state index in [4.69, 9.17) is 15.9 Å². The first-order chi connectivity index (χ1) is 9.18. The maximum atomic E-state index is 11.7. The molecule has 0 bridgehead atoms. The molecule has 0 rings (SSSR count). The molecule has 0 aliphatic heterocycles. The molecule has 0 heterocycles. The Bertz CT molecular complexity index is 396. The molecule has 7 N–H and O–H groups in total. The summed E-state index contributed by atoms with van der Waals surface area (Å²) in [5, 5.41) is 30.7. The summed E-state index contributed by atoms with van der Waals surface area (Å²) in [6.45, 7) is 0.780. The van der Waals surface area contributed by atoms with Crippen LogP contribution in [0.3, 0.4) is 0 Å². The van der Waals surface area contributed by atoms with Crippen molar-refractivity contribution in [3.8, 4) is 0 Å². The number of carbonyl (C=O) groups is 4. The van der Waals surface area contributed by atoms with Crippen LogP contribution >= 0.6 is 0 Å². The Morgan fingerprint density at radius 3 is 2.05 bits per heavy atom. The van der Waals surface area contributed by atoms with Crippen LogP contribution in [0.1, 0.15) is 13.3 Å². The molecule has 10 nitrogen and oxygen atoms in total. The van der Waals surface area contributed by atoms with Gasteiger partial charge < -0.3 is 31.7 Å². The minimum absolute atomic E-state index is 0.423. The van der Waals surface area contributed by atoms with E-state index in [-0.39, 0.29) is 0 Å². The van der Waals surface area contributed by atoms with Gasteiger partial charge in [0.15, 0.2) is 0 Å². The van der Waals surface area contributed by atoms with Gasteiger partial charge in [-0.15, -0.1) is 0 Å². The molecule has 114 valence electrons. The van der Waals surface area contributed by atoms with Crippen LogP contribution in [-0.2, 0) is 19.2 Å². The average Bonchev–Trinajstić information content (AvgIpc) is 2.33. The van der Waals surface area contributed by atoms with Crippen LogP contribution in [0.5, 0.6) is 0 Å². The lowest BCUT2D eigenvalue weighted by atomic mass is 10.1. The molecule has 0 saturated carbocycles. The summed E-state index contributed by atoms with van der Waals surface area (Å²) in [4.78, 5) is 44.1. The van der Waals surface area contributed by atoms with Gasteiger partial charge in [-0.2, -0.15) is 0 Å². The van der Waals surface area contributed by atoms with Crippen molar-refractivity contribution in [3.63, 3.8) is 0 Å². The van der Waals surface area contributed by atoms with E-state index in [1.54, 1.807) is 0 Å². The van der Waals surface area contributed by atoms with E-state index in [1.807, 2.05) is 5.32 Å². The van der Waals surface area contributed by atoms with Gasteiger partial charge in [-0.25, -0.2) is 4.79 Å². The Hall–Kier alpha value is -2.20. The zero-order valence-electron chi connectivity index (χ0n) is 10.7. The van der Waals surface area contributed by atoms with E-state index in [2.05, 4.69) is 5.32 Å². The van der Waals surface area contributed by atoms with E-state index in [1.165, 1.54) is 6.92 Å². The number of nitrogens with two attached hydrogens (primary N) is 1. The maximum Gasteiger partial charge on any atom is 0.326 e. The van der Waals surface area contributed by atoms with Crippen LogP contribution in [-0.4, -0.2) is 63.8 Å². The van der Waals surface area contributed by atoms with Gasteiger partial charge in [0.05, 0.1) is 19.1 Å². The van der Waals surface area contributed by atoms with Gasteiger partial charge in [0.2, 0.25) is 11.8 Å². The predicted octanol–water partition coefficient (Wildman–Crippen LogP) is -3.15. The summed E-state index contributed by atoms with van der Waals surface area (Å²) in [5.74, 6) is -4.71. The Morgan fingerprint density at radius 1 is 1.15 bits per heavy atom. The van der Waals surface area contributed by atoms with Crippen LogP contribution < -0.4 is 16.4 Å². The molecular formula is C10H17N3O7. The first-order valence-corrected chi connectivity index (χ1v) is 5.61. The third kappa shape index (κ3) is 6.11. The van der Waals surface area contributed by atoms with E-state index < -0.39 is 54.9 Å². The lowest BCUT2D eigenvalue weighted by Gasteiger charge is -2.22. The highest BCUT2D eigenvalue weighted by atomic mass is 16.4. The van der Waals surface area contributed by atoms with E-state index >= 15 is 0 Å². The van der Waals surface area contributed by atoms with Gasteiger partial charge >= 0.3 is 11.9 Å². The molecule has 0 aliphatic carbocycles. The molecule has 0 radical (unpaired) electrons. The Morgan fingerprint density at radius 2 is 1.70 bits per heavy atom. The number of nitrogens with one attached hydrogen (secondary N) is 2. The topological polar surface area (TPSA) is 179 Å². The second kappa shape index (κ2) is 8.07. The van der Waals surface area contributed by atoms with Crippen LogP contribution in [0.25, 0.3) is 0 Å². The van der Waals surface area contributed by atoms with Crippen LogP contribution in [0.15, 0.2) is 0 Å². The van der Waals surface area contributed by atoms with Crippen molar-refractivity contribution in [3.05, 3.63) is 0 Å². The first-order valence-electron chi connectivity index (χ1n) is 5.61. The maximum absolute atomic E-state index is 11.7. The molecule has 3 atom stereocenters. The van der Waals surface area contributed by atoms with Crippen LogP contribution in [0.2, 0.25) is 0 Å². The fourth-order valence-corrected chi connectivity index (χ4v) is 1.27. The molecule has 0 unspecified atom stereocenters. The summed E-state index contributed by atoms with van der Waals surface area (Å²) in [6.07, 6.45) is -2.15. The van der Waals surface area contributed by atoms with Crippen LogP contribution in [0, 0.1) is 0 Å². The Labute approximate surface area is 113 Å². The summed E-state index contributed by atoms with van der Waals surface area (Å²) >= 11 is 0. The summed E-state index contributed by atoms with van der Waals surface area (Å²) in [6, 6.07) is -3.10. The second-order valence-electron chi connectivity index (χ2n) is 3.99. The standard InChI is InChI=1S/C10H17N3O7/c1-4(14)8(13-6(15)3-11)9(18)12-5(10(19)20)2-7(16)17/h4-5,8,14H,2-3,11H2,1H3,(H,12,18)(H,13,15)(H,16,17)(H,19,20)/t4-,5+,8+/m1/s1. The van der Waals surface area contributed by atoms with Gasteiger partial charge in [-0.05, 0) is 6.92 Å². The van der Waals surface area contributed by atoms with Crippen molar-refractivity contribution in [2.45, 2.75) is 31.5 Å². The number of rotatable bonds is 8. The van der Waals surface area contributed by atoms with Gasteiger partial charge in [0.1, 0.15) is 12.1 Å². The van der Waals surface area contributed by atoms with Crippen molar-refractivity contribution < 1.29 is 34.5 Å². The number of aliphatic hydroxyl groups excluding tert-OH is 1. The van der Waals surface area contributed by atoms with Crippen molar-refractivity contribution in [2.24, 2.45) is 5.73 Å². The van der Waals surface area contributed by atoms with E-state index in [0.29, 0.717) is 0 Å². The lowest BCUT2D eigenvalue weighted by Crippen LogP contribution is -2.56. The fraction of sp³-hybridized carbons (Fsp3) is 0.600. The molecule has 0 fully saturated rings. The number of amides is 2. The minimum atomic E-state index is -1.67. The van der Waals surface area contributed by atoms with Crippen molar-refractivity contribution in [2.75, 3.05) is 6.54 Å². The molecule has 0 aromatic heterocycles. The number of carbonyl (C=O) groups excluding carboxylic acids is 2. The Kier molecular flexibility index (Phi) is 7.18. The van der Waals surface area contributed by atoms with Gasteiger partial charge in [0.25, 0.3) is 0 Å². The van der Waals surface area contributed by atoms with Crippen LogP contribution in [0.4, 0.5) is 0 Å². The molecule has 0 saturated heterocycles. The summed E-state index contributed by atoms with van der Waals surface area (Å²) in [7, 11) is 0. The molecule has 10 heteroatoms. The molecule has 2 amide bonds. The van der Waals surface area contributed by atoms with Crippen molar-refractivity contribution in [1.82, 2.24) is 10.6 Å². The van der Waals surface area contributed by atoms with Gasteiger partial charge in [0, 0.05) is 0 Å². The number of aliphatic carboxylic acids is 2. The lowest BCUT2D eigenvalue weighted by molar-refractivity contribution is -0.147. The Balaban J connectivity index is 4.84. The zero-order valence-corrected chi connectivity index (χ0v) is 10.7. The number of carboxylic acid groups (broad SMARTS) is 2. The highest BCUT2D eigenvalue weighted by molar-refractivity contribution is 5.92. The minimum Gasteiger partial charge on any atom is -0.481 e. The third-order valence-electron chi connectivity index (χ3n) is 2.26. The number of hydrogen-bond acceptors (Lipinski definition) is 6. The summed E-state index contributed by atoms with van der Waals surface area (Å²) < 4.78 is 0. The normalized spacial score (nSPS) is 14.8. The predicted molar refractivity (Wildman–Crippen MR) is 64.5 cm³/mol. The molecule has 0 aliphatic rings. The zero-order chi connectivity index (χ0) is 15.9. The quantitative estimate of drug-likeness (QED) is 0.271. The van der Waals surface area contributed by atoms with Gasteiger partial charge in [-0.1, -0.05) is 0 Å². The molecule has 0 spiro atoms. The largest absolute Gasteiger partial charge is 0.481 e. The highest BCUT2D eigenvalue weighted by Gasteiger charge is 2.30. The van der Waals surface area contributed by atoms with Crippen molar-refractivity contribution >= 4 is 23.8 Å². The van der Waals surface area contributed by atoms with E-state index in [0.717, 1.165) is 0 Å². The molecule has 0 aromatic rings. The molecule has 20 heavy (non-hydrogen) atoms. The van der Waals surface area contributed by atoms with E-state index in [9.17, 15) is 24.3 Å². The monoisotopic (exact) mass is 291 g/mol. The molecule has 0 aromatic carbocycles. The fourth-order valence-electron chi connectivity index (χ4n) is 1.27. The number of carboxylic acids is 2.